The van der Waals surface area contributed by atoms with Gasteiger partial charge >= 0.3 is 5.97 Å². The molecule has 0 bridgehead atoms. The van der Waals surface area contributed by atoms with Gasteiger partial charge in [-0.25, -0.2) is 4.79 Å². The van der Waals surface area contributed by atoms with Crippen molar-refractivity contribution >= 4 is 41.1 Å². The van der Waals surface area contributed by atoms with Crippen molar-refractivity contribution < 1.29 is 19.1 Å². The highest BCUT2D eigenvalue weighted by Gasteiger charge is 2.27. The predicted molar refractivity (Wildman–Crippen MR) is 135 cm³/mol. The van der Waals surface area contributed by atoms with Crippen molar-refractivity contribution in [2.24, 2.45) is 0 Å². The van der Waals surface area contributed by atoms with Crippen molar-refractivity contribution in [2.75, 3.05) is 23.4 Å². The third-order valence-electron chi connectivity index (χ3n) is 5.05. The fourth-order valence-corrected chi connectivity index (χ4v) is 6.31. The van der Waals surface area contributed by atoms with Gasteiger partial charge in [-0.1, -0.05) is 54.6 Å². The second kappa shape index (κ2) is 11.3. The van der Waals surface area contributed by atoms with Crippen LogP contribution in [-0.4, -0.2) is 30.0 Å². The molecule has 1 unspecified atom stereocenters. The summed E-state index contributed by atoms with van der Waals surface area (Å²) in [6.07, 6.45) is -1.10. The van der Waals surface area contributed by atoms with Gasteiger partial charge in [-0.05, 0) is 36.8 Å². The summed E-state index contributed by atoms with van der Waals surface area (Å²) in [5.74, 6) is 1.84. The number of ether oxygens (including phenoxy) is 2. The summed E-state index contributed by atoms with van der Waals surface area (Å²) in [6.45, 7) is 2.35. The van der Waals surface area contributed by atoms with E-state index in [1.165, 1.54) is 5.56 Å². The quantitative estimate of drug-likeness (QED) is 0.394. The molecule has 170 valence electrons. The first kappa shape index (κ1) is 23.3. The van der Waals surface area contributed by atoms with Crippen molar-refractivity contribution in [2.45, 2.75) is 17.6 Å². The molecule has 0 spiro atoms. The third kappa shape index (κ3) is 5.92. The smallest absolute Gasteiger partial charge is 0.339 e. The number of benzene rings is 3. The van der Waals surface area contributed by atoms with Crippen LogP contribution in [0.5, 0.6) is 5.75 Å². The molecular weight excluding hydrogens is 454 g/mol. The molecular formula is C26H25NO4S2. The molecule has 1 heterocycles. The summed E-state index contributed by atoms with van der Waals surface area (Å²) >= 11 is 3.82. The van der Waals surface area contributed by atoms with Gasteiger partial charge in [0, 0.05) is 17.1 Å². The Kier molecular flexibility index (Phi) is 7.96. The third-order valence-corrected chi connectivity index (χ3v) is 8.15. The Hall–Kier alpha value is -2.90. The van der Waals surface area contributed by atoms with E-state index in [9.17, 15) is 9.59 Å². The topological polar surface area (TPSA) is 64.6 Å². The van der Waals surface area contributed by atoms with Crippen LogP contribution in [0.3, 0.4) is 0 Å². The molecule has 1 atom stereocenters. The summed E-state index contributed by atoms with van der Waals surface area (Å²) in [5, 5.41) is 2.85. The first-order valence-corrected chi connectivity index (χ1v) is 12.9. The number of carbonyl (C=O) groups is 2. The SMILES string of the molecule is CCOc1ccccc1NC(=O)C(OC(=O)c1ccc(C2SCCS2)cc1)c1ccccc1. The monoisotopic (exact) mass is 479 g/mol. The van der Waals surface area contributed by atoms with Crippen molar-refractivity contribution in [1.82, 2.24) is 0 Å². The summed E-state index contributed by atoms with van der Waals surface area (Å²) in [4.78, 5) is 26.2. The summed E-state index contributed by atoms with van der Waals surface area (Å²) < 4.78 is 11.7. The van der Waals surface area contributed by atoms with Gasteiger partial charge in [-0.2, -0.15) is 0 Å². The summed E-state index contributed by atoms with van der Waals surface area (Å²) in [5.41, 5.74) is 2.71. The average molecular weight is 480 g/mol. The number of carbonyl (C=O) groups excluding carboxylic acids is 2. The van der Waals surface area contributed by atoms with Crippen LogP contribution in [0.15, 0.2) is 78.9 Å². The van der Waals surface area contributed by atoms with E-state index in [4.69, 9.17) is 9.47 Å². The number of hydrogen-bond donors (Lipinski definition) is 1. The van der Waals surface area contributed by atoms with E-state index in [2.05, 4.69) is 5.32 Å². The van der Waals surface area contributed by atoms with Crippen LogP contribution in [0.25, 0.3) is 0 Å². The second-order valence-corrected chi connectivity index (χ2v) is 10.0. The Morgan fingerprint density at radius 1 is 0.939 bits per heavy atom. The zero-order valence-corrected chi connectivity index (χ0v) is 19.9. The maximum atomic E-state index is 13.2. The van der Waals surface area contributed by atoms with Crippen molar-refractivity contribution in [3.63, 3.8) is 0 Å². The molecule has 0 aliphatic carbocycles. The van der Waals surface area contributed by atoms with Crippen LogP contribution in [0.4, 0.5) is 5.69 Å². The van der Waals surface area contributed by atoms with E-state index in [1.807, 2.05) is 72.9 Å². The number of anilines is 1. The van der Waals surface area contributed by atoms with Gasteiger partial charge in [0.1, 0.15) is 5.75 Å². The molecule has 4 rings (SSSR count). The van der Waals surface area contributed by atoms with Gasteiger partial charge in [0.15, 0.2) is 0 Å². The lowest BCUT2D eigenvalue weighted by atomic mass is 10.1. The number of nitrogens with one attached hydrogen (secondary N) is 1. The number of amides is 1. The second-order valence-electron chi connectivity index (χ2n) is 7.31. The normalized spacial score (nSPS) is 14.5. The predicted octanol–water partition coefficient (Wildman–Crippen LogP) is 6.10. The van der Waals surface area contributed by atoms with E-state index in [1.54, 1.807) is 36.4 Å². The largest absolute Gasteiger partial charge is 0.492 e. The Morgan fingerprint density at radius 3 is 2.30 bits per heavy atom. The highest BCUT2D eigenvalue weighted by molar-refractivity contribution is 8.19. The van der Waals surface area contributed by atoms with E-state index >= 15 is 0 Å². The fourth-order valence-electron chi connectivity index (χ4n) is 3.45. The van der Waals surface area contributed by atoms with Crippen LogP contribution in [0, 0.1) is 0 Å². The first-order chi connectivity index (χ1) is 16.2. The van der Waals surface area contributed by atoms with E-state index < -0.39 is 18.0 Å². The number of hydrogen-bond acceptors (Lipinski definition) is 6. The average Bonchev–Trinajstić information content (AvgIpc) is 3.39. The number of rotatable bonds is 8. The molecule has 5 nitrogen and oxygen atoms in total. The lowest BCUT2D eigenvalue weighted by molar-refractivity contribution is -0.125. The van der Waals surface area contributed by atoms with Crippen LogP contribution in [-0.2, 0) is 9.53 Å². The van der Waals surface area contributed by atoms with E-state index in [-0.39, 0.29) is 0 Å². The van der Waals surface area contributed by atoms with Crippen molar-refractivity contribution in [1.29, 1.82) is 0 Å². The number of esters is 1. The maximum absolute atomic E-state index is 13.2. The number of thioether (sulfide) groups is 2. The zero-order valence-electron chi connectivity index (χ0n) is 18.2. The summed E-state index contributed by atoms with van der Waals surface area (Å²) in [6, 6.07) is 23.6. The molecule has 33 heavy (non-hydrogen) atoms. The molecule has 1 saturated heterocycles. The zero-order chi connectivity index (χ0) is 23.0. The van der Waals surface area contributed by atoms with Crippen molar-refractivity contribution in [3.05, 3.63) is 95.6 Å². The van der Waals surface area contributed by atoms with Gasteiger partial charge in [-0.3, -0.25) is 4.79 Å². The minimum atomic E-state index is -1.10. The van der Waals surface area contributed by atoms with Gasteiger partial charge in [0.2, 0.25) is 6.10 Å². The van der Waals surface area contributed by atoms with Gasteiger partial charge in [0.05, 0.1) is 22.4 Å². The van der Waals surface area contributed by atoms with Gasteiger partial charge in [0.25, 0.3) is 5.91 Å². The molecule has 1 aliphatic rings. The minimum absolute atomic E-state index is 0.406. The Balaban J connectivity index is 1.52. The lowest BCUT2D eigenvalue weighted by Crippen LogP contribution is -2.26. The van der Waals surface area contributed by atoms with Crippen LogP contribution in [0.1, 0.15) is 39.1 Å². The van der Waals surface area contributed by atoms with Crippen LogP contribution >= 0.6 is 23.5 Å². The molecule has 3 aromatic rings. The standard InChI is InChI=1S/C26H25NO4S2/c1-2-30-22-11-7-6-10-21(22)27-24(28)23(18-8-4-3-5-9-18)31-25(29)19-12-14-20(15-13-19)26-32-16-17-33-26/h3-15,23,26H,2,16-17H2,1H3,(H,27,28). The van der Waals surface area contributed by atoms with Gasteiger partial charge < -0.3 is 14.8 Å². The molecule has 7 heteroatoms. The van der Waals surface area contributed by atoms with Crippen molar-refractivity contribution in [3.8, 4) is 5.75 Å². The molecule has 0 saturated carbocycles. The molecule has 1 amide bonds. The Bertz CT molecular complexity index is 1080. The molecule has 1 aliphatic heterocycles. The van der Waals surface area contributed by atoms with Crippen LogP contribution in [0.2, 0.25) is 0 Å². The molecule has 1 N–H and O–H groups in total. The fraction of sp³-hybridized carbons (Fsp3) is 0.231. The molecule has 0 aromatic heterocycles. The highest BCUT2D eigenvalue weighted by atomic mass is 32.2. The lowest BCUT2D eigenvalue weighted by Gasteiger charge is -2.19. The molecule has 3 aromatic carbocycles. The minimum Gasteiger partial charge on any atom is -0.492 e. The molecule has 0 radical (unpaired) electrons. The van der Waals surface area contributed by atoms with E-state index in [0.29, 0.717) is 33.8 Å². The Morgan fingerprint density at radius 2 is 1.61 bits per heavy atom. The number of para-hydroxylation sites is 2. The Labute approximate surface area is 202 Å². The van der Waals surface area contributed by atoms with Crippen LogP contribution < -0.4 is 10.1 Å². The molecule has 1 fully saturated rings. The first-order valence-electron chi connectivity index (χ1n) is 10.8. The summed E-state index contributed by atoms with van der Waals surface area (Å²) in [7, 11) is 0. The van der Waals surface area contributed by atoms with E-state index in [0.717, 1.165) is 11.5 Å². The highest BCUT2D eigenvalue weighted by Crippen LogP contribution is 2.45. The maximum Gasteiger partial charge on any atom is 0.339 e. The van der Waals surface area contributed by atoms with Gasteiger partial charge in [-0.15, -0.1) is 23.5 Å².